The fraction of sp³-hybridized carbons (Fsp3) is 0.636. The van der Waals surface area contributed by atoms with Gasteiger partial charge in [-0.25, -0.2) is 0 Å². The zero-order valence-corrected chi connectivity index (χ0v) is 8.50. The van der Waals surface area contributed by atoms with Crippen molar-refractivity contribution in [1.29, 1.82) is 0 Å². The van der Waals surface area contributed by atoms with E-state index in [1.807, 2.05) is 0 Å². The molecule has 1 N–H and O–H groups in total. The third-order valence-electron chi connectivity index (χ3n) is 2.74. The summed E-state index contributed by atoms with van der Waals surface area (Å²) < 4.78 is 5.47. The molecule has 2 rings (SSSR count). The summed E-state index contributed by atoms with van der Waals surface area (Å²) in [4.78, 5) is 0. The van der Waals surface area contributed by atoms with Crippen molar-refractivity contribution in [1.82, 2.24) is 5.32 Å². The number of hydrogen-bond acceptors (Lipinski definition) is 2. The maximum Gasteiger partial charge on any atom is 0.110 e. The van der Waals surface area contributed by atoms with Gasteiger partial charge in [0.25, 0.3) is 0 Å². The van der Waals surface area contributed by atoms with Crippen LogP contribution in [0.2, 0.25) is 0 Å². The van der Waals surface area contributed by atoms with Gasteiger partial charge in [-0.3, -0.25) is 0 Å². The standard InChI is InChI=1S/C11H17NO/c1-7(2)11-9-4-5-13-10(9)6-8(3)12-11/h4-5,7-8,11-12H,6H2,1-3H3. The van der Waals surface area contributed by atoms with Crippen LogP contribution in [0.15, 0.2) is 16.7 Å². The van der Waals surface area contributed by atoms with Crippen LogP contribution in [-0.4, -0.2) is 6.04 Å². The molecular formula is C11H17NO. The van der Waals surface area contributed by atoms with Gasteiger partial charge >= 0.3 is 0 Å². The second kappa shape index (κ2) is 3.18. The van der Waals surface area contributed by atoms with Crippen molar-refractivity contribution in [3.63, 3.8) is 0 Å². The predicted octanol–water partition coefficient (Wildman–Crippen LogP) is 2.51. The highest BCUT2D eigenvalue weighted by atomic mass is 16.3. The minimum atomic E-state index is 0.470. The van der Waals surface area contributed by atoms with Gasteiger partial charge in [-0.15, -0.1) is 0 Å². The van der Waals surface area contributed by atoms with E-state index in [0.717, 1.165) is 6.42 Å². The van der Waals surface area contributed by atoms with Crippen molar-refractivity contribution in [3.8, 4) is 0 Å². The second-order valence-electron chi connectivity index (χ2n) is 4.29. The van der Waals surface area contributed by atoms with Gasteiger partial charge in [-0.2, -0.15) is 0 Å². The van der Waals surface area contributed by atoms with Crippen molar-refractivity contribution in [2.75, 3.05) is 0 Å². The largest absolute Gasteiger partial charge is 0.469 e. The average molecular weight is 179 g/mol. The van der Waals surface area contributed by atoms with E-state index >= 15 is 0 Å². The number of nitrogens with one attached hydrogen (secondary N) is 1. The maximum atomic E-state index is 5.47. The van der Waals surface area contributed by atoms with Crippen molar-refractivity contribution in [2.45, 2.75) is 39.3 Å². The van der Waals surface area contributed by atoms with Crippen LogP contribution in [0.3, 0.4) is 0 Å². The number of furan rings is 1. The SMILES string of the molecule is CC1Cc2occc2C(C(C)C)N1. The minimum Gasteiger partial charge on any atom is -0.469 e. The molecule has 0 fully saturated rings. The molecule has 1 aromatic rings. The van der Waals surface area contributed by atoms with E-state index in [1.54, 1.807) is 6.26 Å². The lowest BCUT2D eigenvalue weighted by Gasteiger charge is -2.30. The van der Waals surface area contributed by atoms with Crippen LogP contribution in [0.4, 0.5) is 0 Å². The van der Waals surface area contributed by atoms with Crippen LogP contribution in [0.1, 0.15) is 38.1 Å². The van der Waals surface area contributed by atoms with Gasteiger partial charge in [-0.1, -0.05) is 13.8 Å². The molecule has 0 radical (unpaired) electrons. The molecule has 1 aromatic heterocycles. The molecule has 0 aromatic carbocycles. The number of rotatable bonds is 1. The molecule has 2 nitrogen and oxygen atoms in total. The zero-order valence-electron chi connectivity index (χ0n) is 8.50. The smallest absolute Gasteiger partial charge is 0.110 e. The van der Waals surface area contributed by atoms with Gasteiger partial charge < -0.3 is 9.73 Å². The lowest BCUT2D eigenvalue weighted by Crippen LogP contribution is -2.39. The fourth-order valence-corrected chi connectivity index (χ4v) is 2.08. The highest BCUT2D eigenvalue weighted by Gasteiger charge is 2.27. The number of hydrogen-bond donors (Lipinski definition) is 1. The summed E-state index contributed by atoms with van der Waals surface area (Å²) in [7, 11) is 0. The predicted molar refractivity (Wildman–Crippen MR) is 52.6 cm³/mol. The van der Waals surface area contributed by atoms with Gasteiger partial charge in [0, 0.05) is 24.1 Å². The van der Waals surface area contributed by atoms with Crippen molar-refractivity contribution >= 4 is 0 Å². The van der Waals surface area contributed by atoms with E-state index in [2.05, 4.69) is 32.2 Å². The Kier molecular flexibility index (Phi) is 2.16. The Morgan fingerprint density at radius 2 is 2.31 bits per heavy atom. The molecular weight excluding hydrogens is 162 g/mol. The summed E-state index contributed by atoms with van der Waals surface area (Å²) in [6.45, 7) is 6.69. The second-order valence-corrected chi connectivity index (χ2v) is 4.29. The molecule has 2 unspecified atom stereocenters. The molecule has 0 bridgehead atoms. The summed E-state index contributed by atoms with van der Waals surface area (Å²) in [6, 6.07) is 3.10. The van der Waals surface area contributed by atoms with E-state index in [-0.39, 0.29) is 0 Å². The van der Waals surface area contributed by atoms with Crippen LogP contribution in [0.25, 0.3) is 0 Å². The van der Waals surface area contributed by atoms with Crippen molar-refractivity contribution < 1.29 is 4.42 Å². The molecule has 0 spiro atoms. The highest BCUT2D eigenvalue weighted by Crippen LogP contribution is 2.30. The van der Waals surface area contributed by atoms with E-state index < -0.39 is 0 Å². The molecule has 1 aliphatic heterocycles. The summed E-state index contributed by atoms with van der Waals surface area (Å²) in [5, 5.41) is 3.60. The van der Waals surface area contributed by atoms with Gasteiger partial charge in [0.2, 0.25) is 0 Å². The minimum absolute atomic E-state index is 0.470. The van der Waals surface area contributed by atoms with Crippen molar-refractivity contribution in [3.05, 3.63) is 23.7 Å². The quantitative estimate of drug-likeness (QED) is 0.716. The summed E-state index contributed by atoms with van der Waals surface area (Å²) in [6.07, 6.45) is 2.82. The Balaban J connectivity index is 2.32. The molecule has 1 aliphatic rings. The summed E-state index contributed by atoms with van der Waals surface area (Å²) >= 11 is 0. The normalized spacial score (nSPS) is 27.7. The first kappa shape index (κ1) is 8.82. The molecule has 2 atom stereocenters. The molecule has 0 aliphatic carbocycles. The lowest BCUT2D eigenvalue weighted by molar-refractivity contribution is 0.321. The molecule has 0 saturated heterocycles. The van der Waals surface area contributed by atoms with E-state index in [0.29, 0.717) is 18.0 Å². The molecule has 2 heteroatoms. The van der Waals surface area contributed by atoms with Gasteiger partial charge in [0.05, 0.1) is 6.26 Å². The topological polar surface area (TPSA) is 25.2 Å². The Labute approximate surface area is 79.3 Å². The third-order valence-corrected chi connectivity index (χ3v) is 2.74. The molecule has 0 amide bonds. The lowest BCUT2D eigenvalue weighted by atomic mass is 9.90. The van der Waals surface area contributed by atoms with Gasteiger partial charge in [-0.05, 0) is 18.9 Å². The summed E-state index contributed by atoms with van der Waals surface area (Å²) in [5.74, 6) is 1.80. The van der Waals surface area contributed by atoms with Crippen LogP contribution in [-0.2, 0) is 6.42 Å². The van der Waals surface area contributed by atoms with Crippen LogP contribution >= 0.6 is 0 Å². The van der Waals surface area contributed by atoms with E-state index in [4.69, 9.17) is 4.42 Å². The monoisotopic (exact) mass is 179 g/mol. The Morgan fingerprint density at radius 3 is 3.00 bits per heavy atom. The fourth-order valence-electron chi connectivity index (χ4n) is 2.08. The Morgan fingerprint density at radius 1 is 1.54 bits per heavy atom. The number of fused-ring (bicyclic) bond motifs is 1. The molecule has 2 heterocycles. The van der Waals surface area contributed by atoms with Crippen LogP contribution in [0, 0.1) is 5.92 Å². The molecule has 0 saturated carbocycles. The first-order valence-corrected chi connectivity index (χ1v) is 5.01. The van der Waals surface area contributed by atoms with E-state index in [9.17, 15) is 0 Å². The van der Waals surface area contributed by atoms with Gasteiger partial charge in [0.1, 0.15) is 5.76 Å². The zero-order chi connectivity index (χ0) is 9.42. The van der Waals surface area contributed by atoms with Gasteiger partial charge in [0.15, 0.2) is 0 Å². The van der Waals surface area contributed by atoms with E-state index in [1.165, 1.54) is 11.3 Å². The molecule has 13 heavy (non-hydrogen) atoms. The van der Waals surface area contributed by atoms with Crippen LogP contribution < -0.4 is 5.32 Å². The Bertz CT molecular complexity index is 290. The third kappa shape index (κ3) is 1.51. The van der Waals surface area contributed by atoms with Crippen molar-refractivity contribution in [2.24, 2.45) is 5.92 Å². The van der Waals surface area contributed by atoms with Crippen LogP contribution in [0.5, 0.6) is 0 Å². The summed E-state index contributed by atoms with van der Waals surface area (Å²) in [5.41, 5.74) is 1.35. The highest BCUT2D eigenvalue weighted by molar-refractivity contribution is 5.25. The molecule has 72 valence electrons. The first-order valence-electron chi connectivity index (χ1n) is 5.01. The first-order chi connectivity index (χ1) is 6.18. The Hall–Kier alpha value is -0.760. The maximum absolute atomic E-state index is 5.47. The average Bonchev–Trinajstić information content (AvgIpc) is 2.49.